The number of nitrogens with zero attached hydrogens (tertiary/aromatic N) is 1. The first-order chi connectivity index (χ1) is 8.63. The molecule has 0 radical (unpaired) electrons. The van der Waals surface area contributed by atoms with Crippen LogP contribution in [-0.4, -0.2) is 12.5 Å². The molecular weight excluding hydrogens is 251 g/mol. The van der Waals surface area contributed by atoms with Crippen LogP contribution < -0.4 is 10.6 Å². The maximum Gasteiger partial charge on any atom is 0.270 e. The average molecular weight is 264 g/mol. The van der Waals surface area contributed by atoms with Gasteiger partial charge in [0.1, 0.15) is 10.7 Å². The first-order valence-corrected chi connectivity index (χ1v) is 6.42. The molecule has 1 heterocycles. The van der Waals surface area contributed by atoms with E-state index in [0.717, 1.165) is 0 Å². The zero-order valence-electron chi connectivity index (χ0n) is 9.89. The summed E-state index contributed by atoms with van der Waals surface area (Å²) < 4.78 is 12.9. The standard InChI is InChI=1S/C13H13FN2OS/c1-2-16(10-5-3-9(14)4-6-10)13(17)12-11(15)7-8-18-12/h3-8H,2,15H2,1H3. The van der Waals surface area contributed by atoms with Crippen LogP contribution in [-0.2, 0) is 0 Å². The van der Waals surface area contributed by atoms with Gasteiger partial charge in [0, 0.05) is 12.2 Å². The zero-order valence-corrected chi connectivity index (χ0v) is 10.7. The molecule has 0 atom stereocenters. The van der Waals surface area contributed by atoms with Gasteiger partial charge in [0.25, 0.3) is 5.91 Å². The largest absolute Gasteiger partial charge is 0.397 e. The Kier molecular flexibility index (Phi) is 3.62. The molecule has 0 aliphatic rings. The minimum atomic E-state index is -0.321. The van der Waals surface area contributed by atoms with Crippen molar-refractivity contribution in [3.8, 4) is 0 Å². The lowest BCUT2D eigenvalue weighted by atomic mass is 10.2. The van der Waals surface area contributed by atoms with Crippen molar-refractivity contribution in [3.05, 3.63) is 46.4 Å². The van der Waals surface area contributed by atoms with Gasteiger partial charge in [0.15, 0.2) is 0 Å². The van der Waals surface area contributed by atoms with Crippen LogP contribution in [0.3, 0.4) is 0 Å². The molecule has 0 saturated heterocycles. The molecule has 3 nitrogen and oxygen atoms in total. The normalized spacial score (nSPS) is 10.3. The molecule has 0 spiro atoms. The van der Waals surface area contributed by atoms with Gasteiger partial charge in [-0.1, -0.05) is 0 Å². The van der Waals surface area contributed by atoms with Crippen LogP contribution in [0.5, 0.6) is 0 Å². The van der Waals surface area contributed by atoms with Gasteiger partial charge in [0.05, 0.1) is 5.69 Å². The Morgan fingerprint density at radius 1 is 1.33 bits per heavy atom. The van der Waals surface area contributed by atoms with E-state index < -0.39 is 0 Å². The number of nitrogen functional groups attached to an aromatic ring is 1. The van der Waals surface area contributed by atoms with Crippen molar-refractivity contribution >= 4 is 28.6 Å². The van der Waals surface area contributed by atoms with Crippen LogP contribution >= 0.6 is 11.3 Å². The van der Waals surface area contributed by atoms with Crippen molar-refractivity contribution in [1.82, 2.24) is 0 Å². The molecule has 1 aromatic carbocycles. The van der Waals surface area contributed by atoms with Crippen molar-refractivity contribution < 1.29 is 9.18 Å². The highest BCUT2D eigenvalue weighted by Crippen LogP contribution is 2.24. The van der Waals surface area contributed by atoms with E-state index in [1.807, 2.05) is 6.92 Å². The molecule has 2 aromatic rings. The Hall–Kier alpha value is -1.88. The first-order valence-electron chi connectivity index (χ1n) is 5.54. The van der Waals surface area contributed by atoms with E-state index in [-0.39, 0.29) is 11.7 Å². The van der Waals surface area contributed by atoms with E-state index in [0.29, 0.717) is 22.8 Å². The molecule has 0 fully saturated rings. The third kappa shape index (κ3) is 2.36. The van der Waals surface area contributed by atoms with Crippen molar-refractivity contribution in [2.75, 3.05) is 17.2 Å². The summed E-state index contributed by atoms with van der Waals surface area (Å²) in [5.41, 5.74) is 6.88. The molecule has 18 heavy (non-hydrogen) atoms. The summed E-state index contributed by atoms with van der Waals surface area (Å²) in [6, 6.07) is 7.55. The topological polar surface area (TPSA) is 46.3 Å². The molecule has 1 aromatic heterocycles. The molecule has 5 heteroatoms. The molecule has 0 bridgehead atoms. The fraction of sp³-hybridized carbons (Fsp3) is 0.154. The Bertz CT molecular complexity index is 550. The third-order valence-corrected chi connectivity index (χ3v) is 3.51. The monoisotopic (exact) mass is 264 g/mol. The van der Waals surface area contributed by atoms with Gasteiger partial charge in [-0.15, -0.1) is 11.3 Å². The maximum absolute atomic E-state index is 12.9. The summed E-state index contributed by atoms with van der Waals surface area (Å²) in [4.78, 5) is 14.4. The summed E-state index contributed by atoms with van der Waals surface area (Å²) in [5.74, 6) is -0.477. The van der Waals surface area contributed by atoms with Gasteiger partial charge in [-0.25, -0.2) is 4.39 Å². The van der Waals surface area contributed by atoms with Gasteiger partial charge in [-0.05, 0) is 42.6 Å². The number of rotatable bonds is 3. The summed E-state index contributed by atoms with van der Waals surface area (Å²) >= 11 is 1.31. The van der Waals surface area contributed by atoms with Gasteiger partial charge >= 0.3 is 0 Å². The lowest BCUT2D eigenvalue weighted by Gasteiger charge is -2.20. The minimum Gasteiger partial charge on any atom is -0.397 e. The Morgan fingerprint density at radius 3 is 2.50 bits per heavy atom. The Labute approximate surface area is 109 Å². The molecule has 94 valence electrons. The fourth-order valence-corrected chi connectivity index (χ4v) is 2.45. The van der Waals surface area contributed by atoms with Crippen LogP contribution in [0.1, 0.15) is 16.6 Å². The number of hydrogen-bond donors (Lipinski definition) is 1. The van der Waals surface area contributed by atoms with E-state index >= 15 is 0 Å². The highest BCUT2D eigenvalue weighted by atomic mass is 32.1. The molecule has 0 unspecified atom stereocenters. The number of hydrogen-bond acceptors (Lipinski definition) is 3. The van der Waals surface area contributed by atoms with Crippen molar-refractivity contribution in [2.24, 2.45) is 0 Å². The van der Waals surface area contributed by atoms with Crippen LogP contribution in [0.2, 0.25) is 0 Å². The van der Waals surface area contributed by atoms with Gasteiger partial charge in [0.2, 0.25) is 0 Å². The van der Waals surface area contributed by atoms with E-state index in [2.05, 4.69) is 0 Å². The summed E-state index contributed by atoms with van der Waals surface area (Å²) in [7, 11) is 0. The summed E-state index contributed by atoms with van der Waals surface area (Å²) in [6.45, 7) is 2.37. The predicted octanol–water partition coefficient (Wildman–Crippen LogP) is 3.14. The number of carbonyl (C=O) groups excluding carboxylic acids is 1. The van der Waals surface area contributed by atoms with Crippen molar-refractivity contribution in [3.63, 3.8) is 0 Å². The number of halogens is 1. The molecular formula is C13H13FN2OS. The molecule has 2 N–H and O–H groups in total. The van der Waals surface area contributed by atoms with E-state index in [4.69, 9.17) is 5.73 Å². The van der Waals surface area contributed by atoms with Crippen molar-refractivity contribution in [2.45, 2.75) is 6.92 Å². The van der Waals surface area contributed by atoms with Crippen LogP contribution in [0.4, 0.5) is 15.8 Å². The van der Waals surface area contributed by atoms with Gasteiger partial charge < -0.3 is 10.6 Å². The maximum atomic E-state index is 12.9. The third-order valence-electron chi connectivity index (χ3n) is 2.59. The fourth-order valence-electron chi connectivity index (χ4n) is 1.68. The second-order valence-corrected chi connectivity index (χ2v) is 4.65. The van der Waals surface area contributed by atoms with Crippen molar-refractivity contribution in [1.29, 1.82) is 0 Å². The van der Waals surface area contributed by atoms with Crippen LogP contribution in [0.15, 0.2) is 35.7 Å². The van der Waals surface area contributed by atoms with E-state index in [1.165, 1.54) is 23.5 Å². The smallest absolute Gasteiger partial charge is 0.270 e. The quantitative estimate of drug-likeness (QED) is 0.925. The van der Waals surface area contributed by atoms with Crippen LogP contribution in [0.25, 0.3) is 0 Å². The highest BCUT2D eigenvalue weighted by Gasteiger charge is 2.19. The second-order valence-electron chi connectivity index (χ2n) is 3.73. The second kappa shape index (κ2) is 5.18. The molecule has 2 rings (SSSR count). The number of thiophene rings is 1. The van der Waals surface area contributed by atoms with E-state index in [1.54, 1.807) is 28.5 Å². The molecule has 0 aliphatic carbocycles. The lowest BCUT2D eigenvalue weighted by molar-refractivity contribution is 0.0993. The Morgan fingerprint density at radius 2 is 2.00 bits per heavy atom. The van der Waals surface area contributed by atoms with Crippen LogP contribution in [0, 0.1) is 5.82 Å². The zero-order chi connectivity index (χ0) is 13.1. The van der Waals surface area contributed by atoms with Gasteiger partial charge in [-0.2, -0.15) is 0 Å². The highest BCUT2D eigenvalue weighted by molar-refractivity contribution is 7.12. The minimum absolute atomic E-state index is 0.156. The van der Waals surface area contributed by atoms with E-state index in [9.17, 15) is 9.18 Å². The molecule has 0 saturated carbocycles. The predicted molar refractivity (Wildman–Crippen MR) is 72.5 cm³/mol. The Balaban J connectivity index is 2.32. The van der Waals surface area contributed by atoms with Gasteiger partial charge in [-0.3, -0.25) is 4.79 Å². The molecule has 1 amide bonds. The number of anilines is 2. The number of nitrogens with two attached hydrogens (primary N) is 1. The SMILES string of the molecule is CCN(C(=O)c1sccc1N)c1ccc(F)cc1. The molecule has 0 aliphatic heterocycles. The summed E-state index contributed by atoms with van der Waals surface area (Å²) in [5, 5.41) is 1.78. The lowest BCUT2D eigenvalue weighted by Crippen LogP contribution is -2.30. The first kappa shape index (κ1) is 12.6. The number of amides is 1. The number of benzene rings is 1. The number of carbonyl (C=O) groups is 1. The average Bonchev–Trinajstić information content (AvgIpc) is 2.78. The summed E-state index contributed by atoms with van der Waals surface area (Å²) in [6.07, 6.45) is 0.